The van der Waals surface area contributed by atoms with Gasteiger partial charge >= 0.3 is 0 Å². The molecular weight excluding hydrogens is 132 g/mol. The fourth-order valence-electron chi connectivity index (χ4n) is 2.83. The van der Waals surface area contributed by atoms with E-state index < -0.39 is 0 Å². The van der Waals surface area contributed by atoms with E-state index in [1.807, 2.05) is 0 Å². The van der Waals surface area contributed by atoms with Crippen LogP contribution in [0.25, 0.3) is 0 Å². The molecule has 1 fully saturated rings. The first-order valence-electron chi connectivity index (χ1n) is 5.29. The molecule has 0 amide bonds. The minimum absolute atomic E-state index is 1.01. The number of hydrogen-bond donors (Lipinski definition) is 0. The summed E-state index contributed by atoms with van der Waals surface area (Å²) in [7, 11) is 0. The van der Waals surface area contributed by atoms with Crippen molar-refractivity contribution in [2.45, 2.75) is 52.9 Å². The first-order chi connectivity index (χ1) is 5.29. The normalized spacial score (nSPS) is 37.9. The van der Waals surface area contributed by atoms with Crippen molar-refractivity contribution in [1.82, 2.24) is 0 Å². The second kappa shape index (κ2) is 4.13. The molecule has 0 aliphatic heterocycles. The van der Waals surface area contributed by atoms with E-state index in [0.29, 0.717) is 0 Å². The maximum Gasteiger partial charge on any atom is -0.0363 e. The maximum absolute atomic E-state index is 2.43. The van der Waals surface area contributed by atoms with Crippen LogP contribution in [0.15, 0.2) is 0 Å². The summed E-state index contributed by atoms with van der Waals surface area (Å²) in [6, 6.07) is 0. The van der Waals surface area contributed by atoms with Crippen LogP contribution in [-0.4, -0.2) is 0 Å². The molecule has 3 atom stereocenters. The molecule has 1 aliphatic carbocycles. The summed E-state index contributed by atoms with van der Waals surface area (Å²) >= 11 is 0. The van der Waals surface area contributed by atoms with Crippen molar-refractivity contribution in [3.05, 3.63) is 0 Å². The Bertz CT molecular complexity index is 105. The summed E-state index contributed by atoms with van der Waals surface area (Å²) in [6.45, 7) is 7.11. The van der Waals surface area contributed by atoms with Crippen LogP contribution in [0.1, 0.15) is 52.9 Å². The molecule has 1 rings (SSSR count). The van der Waals surface area contributed by atoms with Crippen molar-refractivity contribution in [3.8, 4) is 0 Å². The van der Waals surface area contributed by atoms with Gasteiger partial charge in [0.05, 0.1) is 0 Å². The minimum atomic E-state index is 1.01. The lowest BCUT2D eigenvalue weighted by molar-refractivity contribution is 0.300. The van der Waals surface area contributed by atoms with Crippen LogP contribution in [0.3, 0.4) is 0 Å². The highest BCUT2D eigenvalue weighted by molar-refractivity contribution is 4.81. The van der Waals surface area contributed by atoms with Crippen LogP contribution in [0.4, 0.5) is 0 Å². The molecule has 0 saturated heterocycles. The van der Waals surface area contributed by atoms with Gasteiger partial charge in [-0.3, -0.25) is 0 Å². The van der Waals surface area contributed by atoms with Crippen molar-refractivity contribution >= 4 is 0 Å². The molecule has 0 heteroatoms. The topological polar surface area (TPSA) is 0 Å². The molecule has 1 aliphatic rings. The third kappa shape index (κ3) is 1.98. The van der Waals surface area contributed by atoms with Crippen molar-refractivity contribution in [3.63, 3.8) is 0 Å². The molecule has 0 nitrogen and oxygen atoms in total. The summed E-state index contributed by atoms with van der Waals surface area (Å²) in [6.07, 6.45) is 7.26. The van der Waals surface area contributed by atoms with Crippen LogP contribution < -0.4 is 0 Å². The third-order valence-corrected chi connectivity index (χ3v) is 3.46. The van der Waals surface area contributed by atoms with E-state index in [1.54, 1.807) is 0 Å². The van der Waals surface area contributed by atoms with Crippen LogP contribution in [0.2, 0.25) is 0 Å². The Morgan fingerprint density at radius 2 is 1.91 bits per heavy atom. The first kappa shape index (κ1) is 9.09. The predicted molar refractivity (Wildman–Crippen MR) is 50.6 cm³/mol. The van der Waals surface area contributed by atoms with E-state index >= 15 is 0 Å². The molecule has 66 valence electrons. The van der Waals surface area contributed by atoms with Gasteiger partial charge < -0.3 is 0 Å². The van der Waals surface area contributed by atoms with Gasteiger partial charge in [-0.2, -0.15) is 0 Å². The van der Waals surface area contributed by atoms with Gasteiger partial charge in [0.1, 0.15) is 0 Å². The molecule has 0 radical (unpaired) electrons. The third-order valence-electron chi connectivity index (χ3n) is 3.46. The molecule has 0 spiro atoms. The smallest absolute Gasteiger partial charge is 0.0363 e. The number of rotatable bonds is 3. The maximum atomic E-state index is 2.43. The standard InChI is InChI=1S/C11H22/c1-4-6-10-8-7-9(3)11(10)5-2/h9-11H,4-8H2,1-3H3. The largest absolute Gasteiger partial charge is 0.0654 e. The van der Waals surface area contributed by atoms with Crippen molar-refractivity contribution in [2.75, 3.05) is 0 Å². The zero-order valence-electron chi connectivity index (χ0n) is 8.27. The van der Waals surface area contributed by atoms with Gasteiger partial charge in [0, 0.05) is 0 Å². The Hall–Kier alpha value is 0. The van der Waals surface area contributed by atoms with Gasteiger partial charge in [-0.05, 0) is 24.2 Å². The zero-order valence-corrected chi connectivity index (χ0v) is 8.27. The molecule has 3 unspecified atom stereocenters. The minimum Gasteiger partial charge on any atom is -0.0654 e. The van der Waals surface area contributed by atoms with Gasteiger partial charge in [-0.15, -0.1) is 0 Å². The summed E-state index contributed by atoms with van der Waals surface area (Å²) < 4.78 is 0. The number of hydrogen-bond acceptors (Lipinski definition) is 0. The molecule has 1 saturated carbocycles. The fourth-order valence-corrected chi connectivity index (χ4v) is 2.83. The SMILES string of the molecule is CCCC1CCC(C)C1CC. The summed E-state index contributed by atoms with van der Waals surface area (Å²) in [5.74, 6) is 3.13. The van der Waals surface area contributed by atoms with Crippen molar-refractivity contribution < 1.29 is 0 Å². The van der Waals surface area contributed by atoms with Crippen LogP contribution in [-0.2, 0) is 0 Å². The van der Waals surface area contributed by atoms with E-state index in [-0.39, 0.29) is 0 Å². The van der Waals surface area contributed by atoms with E-state index in [2.05, 4.69) is 20.8 Å². The van der Waals surface area contributed by atoms with E-state index in [0.717, 1.165) is 17.8 Å². The lowest BCUT2D eigenvalue weighted by Gasteiger charge is -2.20. The summed E-state index contributed by atoms with van der Waals surface area (Å²) in [5.41, 5.74) is 0. The van der Waals surface area contributed by atoms with E-state index in [9.17, 15) is 0 Å². The Morgan fingerprint density at radius 3 is 2.45 bits per heavy atom. The molecule has 0 aromatic heterocycles. The lowest BCUT2D eigenvalue weighted by Crippen LogP contribution is -2.11. The van der Waals surface area contributed by atoms with Gasteiger partial charge in [0.25, 0.3) is 0 Å². The molecule has 0 bridgehead atoms. The molecular formula is C11H22. The summed E-state index contributed by atoms with van der Waals surface area (Å²) in [4.78, 5) is 0. The first-order valence-corrected chi connectivity index (χ1v) is 5.29. The molecule has 0 heterocycles. The zero-order chi connectivity index (χ0) is 8.27. The second-order valence-corrected chi connectivity index (χ2v) is 4.18. The highest BCUT2D eigenvalue weighted by Crippen LogP contribution is 2.40. The lowest BCUT2D eigenvalue weighted by atomic mass is 9.86. The van der Waals surface area contributed by atoms with Gasteiger partial charge in [-0.25, -0.2) is 0 Å². The summed E-state index contributed by atoms with van der Waals surface area (Å²) in [5, 5.41) is 0. The molecule has 0 N–H and O–H groups in total. The average molecular weight is 154 g/mol. The second-order valence-electron chi connectivity index (χ2n) is 4.18. The Kier molecular flexibility index (Phi) is 3.42. The fraction of sp³-hybridized carbons (Fsp3) is 1.00. The molecule has 0 aromatic rings. The van der Waals surface area contributed by atoms with E-state index in [4.69, 9.17) is 0 Å². The van der Waals surface area contributed by atoms with Gasteiger partial charge in [0.2, 0.25) is 0 Å². The molecule has 0 aromatic carbocycles. The highest BCUT2D eigenvalue weighted by Gasteiger charge is 2.30. The van der Waals surface area contributed by atoms with Crippen LogP contribution in [0.5, 0.6) is 0 Å². The van der Waals surface area contributed by atoms with Crippen LogP contribution in [0, 0.1) is 17.8 Å². The quantitative estimate of drug-likeness (QED) is 0.579. The average Bonchev–Trinajstić information content (AvgIpc) is 2.33. The Balaban J connectivity index is 2.40. The van der Waals surface area contributed by atoms with Gasteiger partial charge in [0.15, 0.2) is 0 Å². The Morgan fingerprint density at radius 1 is 1.18 bits per heavy atom. The predicted octanol–water partition coefficient (Wildman–Crippen LogP) is 3.86. The van der Waals surface area contributed by atoms with Crippen LogP contribution >= 0.6 is 0 Å². The van der Waals surface area contributed by atoms with Crippen molar-refractivity contribution in [1.29, 1.82) is 0 Å². The Labute approximate surface area is 71.4 Å². The van der Waals surface area contributed by atoms with Crippen molar-refractivity contribution in [2.24, 2.45) is 17.8 Å². The molecule has 11 heavy (non-hydrogen) atoms. The van der Waals surface area contributed by atoms with Gasteiger partial charge in [-0.1, -0.05) is 46.5 Å². The monoisotopic (exact) mass is 154 g/mol. The highest BCUT2D eigenvalue weighted by atomic mass is 14.4. The van der Waals surface area contributed by atoms with E-state index in [1.165, 1.54) is 32.1 Å².